The van der Waals surface area contributed by atoms with Gasteiger partial charge < -0.3 is 0 Å². The molecule has 27 heavy (non-hydrogen) atoms. The van der Waals surface area contributed by atoms with Crippen LogP contribution in [-0.4, -0.2) is 9.78 Å². The highest BCUT2D eigenvalue weighted by Gasteiger charge is 2.16. The van der Waals surface area contributed by atoms with Crippen LogP contribution in [0.5, 0.6) is 0 Å². The van der Waals surface area contributed by atoms with Gasteiger partial charge in [-0.25, -0.2) is 4.68 Å². The second-order valence-corrected chi connectivity index (χ2v) is 6.03. The predicted octanol–water partition coefficient (Wildman–Crippen LogP) is 4.95. The largest absolute Gasteiger partial charge is 0.232 e. The Morgan fingerprint density at radius 1 is 0.667 bits per heavy atom. The van der Waals surface area contributed by atoms with E-state index in [1.54, 1.807) is 24.3 Å². The third-order valence-electron chi connectivity index (χ3n) is 4.38. The van der Waals surface area contributed by atoms with Gasteiger partial charge in [0.1, 0.15) is 0 Å². The zero-order valence-electron chi connectivity index (χ0n) is 14.4. The van der Waals surface area contributed by atoms with E-state index in [1.165, 1.54) is 0 Å². The Bertz CT molecular complexity index is 1160. The topological polar surface area (TPSA) is 65.4 Å². The van der Waals surface area contributed by atoms with E-state index in [1.807, 2.05) is 65.5 Å². The predicted molar refractivity (Wildman–Crippen MR) is 104 cm³/mol. The molecule has 0 fully saturated rings. The standard InChI is InChI=1S/C23H14N4/c24-14-17-6-10-19(11-7-17)22-16-26-27(21-4-2-1-3-5-21)23(22)20-12-8-18(15-25)9-13-20/h1-13,16H. The van der Waals surface area contributed by atoms with Gasteiger partial charge in [-0.3, -0.25) is 0 Å². The number of benzene rings is 3. The molecule has 0 aliphatic carbocycles. The summed E-state index contributed by atoms with van der Waals surface area (Å²) >= 11 is 0. The zero-order chi connectivity index (χ0) is 18.6. The van der Waals surface area contributed by atoms with Crippen LogP contribution in [0.25, 0.3) is 28.1 Å². The van der Waals surface area contributed by atoms with E-state index in [0.717, 1.165) is 28.1 Å². The van der Waals surface area contributed by atoms with Crippen molar-refractivity contribution in [2.24, 2.45) is 0 Å². The third-order valence-corrected chi connectivity index (χ3v) is 4.38. The first-order valence-electron chi connectivity index (χ1n) is 8.44. The number of rotatable bonds is 3. The van der Waals surface area contributed by atoms with Gasteiger partial charge in [-0.2, -0.15) is 15.6 Å². The molecule has 4 heteroatoms. The first-order chi connectivity index (χ1) is 13.3. The lowest BCUT2D eigenvalue weighted by atomic mass is 10.00. The molecule has 0 saturated heterocycles. The molecule has 0 spiro atoms. The molecule has 126 valence electrons. The van der Waals surface area contributed by atoms with Gasteiger partial charge >= 0.3 is 0 Å². The summed E-state index contributed by atoms with van der Waals surface area (Å²) in [5, 5.41) is 22.7. The van der Waals surface area contributed by atoms with Crippen LogP contribution in [0.3, 0.4) is 0 Å². The lowest BCUT2D eigenvalue weighted by molar-refractivity contribution is 0.888. The highest BCUT2D eigenvalue weighted by molar-refractivity contribution is 5.82. The number of hydrogen-bond acceptors (Lipinski definition) is 3. The molecule has 0 amide bonds. The van der Waals surface area contributed by atoms with E-state index in [-0.39, 0.29) is 0 Å². The van der Waals surface area contributed by atoms with Crippen molar-refractivity contribution < 1.29 is 0 Å². The van der Waals surface area contributed by atoms with Crippen LogP contribution in [-0.2, 0) is 0 Å². The van der Waals surface area contributed by atoms with Gasteiger partial charge in [-0.05, 0) is 42.0 Å². The number of nitrogens with zero attached hydrogens (tertiary/aromatic N) is 4. The van der Waals surface area contributed by atoms with Crippen LogP contribution in [0, 0.1) is 22.7 Å². The molecule has 0 saturated carbocycles. The highest BCUT2D eigenvalue weighted by Crippen LogP contribution is 2.34. The molecule has 0 aliphatic heterocycles. The molecular weight excluding hydrogens is 332 g/mol. The number of para-hydroxylation sites is 1. The zero-order valence-corrected chi connectivity index (χ0v) is 14.4. The highest BCUT2D eigenvalue weighted by atomic mass is 15.3. The van der Waals surface area contributed by atoms with E-state index in [4.69, 9.17) is 10.5 Å². The fourth-order valence-electron chi connectivity index (χ4n) is 3.03. The second kappa shape index (κ2) is 7.00. The minimum absolute atomic E-state index is 0.615. The van der Waals surface area contributed by atoms with Gasteiger partial charge in [-0.15, -0.1) is 0 Å². The summed E-state index contributed by atoms with van der Waals surface area (Å²) in [6, 6.07) is 29.2. The Balaban J connectivity index is 1.92. The second-order valence-electron chi connectivity index (χ2n) is 6.03. The van der Waals surface area contributed by atoms with E-state index >= 15 is 0 Å². The summed E-state index contributed by atoms with van der Waals surface area (Å²) in [7, 11) is 0. The van der Waals surface area contributed by atoms with Crippen LogP contribution in [0.4, 0.5) is 0 Å². The molecule has 3 aromatic carbocycles. The Hall–Kier alpha value is -4.15. The molecule has 0 N–H and O–H groups in total. The monoisotopic (exact) mass is 346 g/mol. The number of nitriles is 2. The summed E-state index contributed by atoms with van der Waals surface area (Å²) in [5.41, 5.74) is 6.05. The van der Waals surface area contributed by atoms with Crippen LogP contribution < -0.4 is 0 Å². The average molecular weight is 346 g/mol. The molecule has 0 radical (unpaired) electrons. The van der Waals surface area contributed by atoms with Crippen molar-refractivity contribution in [3.05, 3.63) is 96.2 Å². The summed E-state index contributed by atoms with van der Waals surface area (Å²) in [6.07, 6.45) is 1.84. The maximum Gasteiger partial charge on any atom is 0.0991 e. The molecule has 4 rings (SSSR count). The van der Waals surface area contributed by atoms with Gasteiger partial charge in [0.2, 0.25) is 0 Å². The summed E-state index contributed by atoms with van der Waals surface area (Å²) < 4.78 is 1.90. The van der Waals surface area contributed by atoms with E-state index in [9.17, 15) is 0 Å². The maximum absolute atomic E-state index is 9.08. The smallest absolute Gasteiger partial charge is 0.0991 e. The molecule has 1 aromatic heterocycles. The van der Waals surface area contributed by atoms with Gasteiger partial charge in [0.25, 0.3) is 0 Å². The molecule has 1 heterocycles. The minimum Gasteiger partial charge on any atom is -0.232 e. The van der Waals surface area contributed by atoms with Gasteiger partial charge in [0, 0.05) is 11.1 Å². The molecule has 0 atom stereocenters. The van der Waals surface area contributed by atoms with Gasteiger partial charge in [0.15, 0.2) is 0 Å². The summed E-state index contributed by atoms with van der Waals surface area (Å²) in [6.45, 7) is 0. The maximum atomic E-state index is 9.08. The Kier molecular flexibility index (Phi) is 4.23. The first-order valence-corrected chi connectivity index (χ1v) is 8.44. The van der Waals surface area contributed by atoms with Crippen molar-refractivity contribution in [3.8, 4) is 40.2 Å². The fourth-order valence-corrected chi connectivity index (χ4v) is 3.03. The van der Waals surface area contributed by atoms with E-state index in [2.05, 4.69) is 17.2 Å². The number of aromatic nitrogens is 2. The van der Waals surface area contributed by atoms with Crippen molar-refractivity contribution >= 4 is 0 Å². The van der Waals surface area contributed by atoms with Crippen LogP contribution in [0.1, 0.15) is 11.1 Å². The fraction of sp³-hybridized carbons (Fsp3) is 0. The Labute approximate surface area is 157 Å². The molecule has 4 aromatic rings. The summed E-state index contributed by atoms with van der Waals surface area (Å²) in [5.74, 6) is 0. The molecule has 4 nitrogen and oxygen atoms in total. The van der Waals surface area contributed by atoms with Gasteiger partial charge in [0.05, 0.1) is 40.8 Å². The third kappa shape index (κ3) is 3.08. The Morgan fingerprint density at radius 2 is 1.22 bits per heavy atom. The minimum atomic E-state index is 0.615. The van der Waals surface area contributed by atoms with Crippen LogP contribution in [0.15, 0.2) is 85.1 Å². The number of hydrogen-bond donors (Lipinski definition) is 0. The Morgan fingerprint density at radius 3 is 1.78 bits per heavy atom. The molecular formula is C23H14N4. The average Bonchev–Trinajstić information content (AvgIpc) is 3.19. The lowest BCUT2D eigenvalue weighted by Gasteiger charge is -2.11. The molecule has 0 aliphatic rings. The van der Waals surface area contributed by atoms with Crippen LogP contribution >= 0.6 is 0 Å². The van der Waals surface area contributed by atoms with E-state index in [0.29, 0.717) is 11.1 Å². The van der Waals surface area contributed by atoms with Crippen molar-refractivity contribution in [1.82, 2.24) is 9.78 Å². The van der Waals surface area contributed by atoms with Crippen LogP contribution in [0.2, 0.25) is 0 Å². The summed E-state index contributed by atoms with van der Waals surface area (Å²) in [4.78, 5) is 0. The van der Waals surface area contributed by atoms with Crippen molar-refractivity contribution in [2.45, 2.75) is 0 Å². The molecule has 0 bridgehead atoms. The van der Waals surface area contributed by atoms with Gasteiger partial charge in [-0.1, -0.05) is 42.5 Å². The first kappa shape index (κ1) is 16.3. The van der Waals surface area contributed by atoms with Crippen molar-refractivity contribution in [2.75, 3.05) is 0 Å². The van der Waals surface area contributed by atoms with Crippen molar-refractivity contribution in [3.63, 3.8) is 0 Å². The normalized spacial score (nSPS) is 10.1. The molecule has 0 unspecified atom stereocenters. The van der Waals surface area contributed by atoms with Crippen molar-refractivity contribution in [1.29, 1.82) is 10.5 Å². The van der Waals surface area contributed by atoms with E-state index < -0.39 is 0 Å². The lowest BCUT2D eigenvalue weighted by Crippen LogP contribution is -1.99. The SMILES string of the molecule is N#Cc1ccc(-c2cnn(-c3ccccc3)c2-c2ccc(C#N)cc2)cc1. The quantitative estimate of drug-likeness (QED) is 0.527.